The summed E-state index contributed by atoms with van der Waals surface area (Å²) in [4.78, 5) is 0. The van der Waals surface area contributed by atoms with Gasteiger partial charge in [0.15, 0.2) is 0 Å². The zero-order valence-corrected chi connectivity index (χ0v) is 9.84. The molecule has 0 aliphatic heterocycles. The van der Waals surface area contributed by atoms with Crippen LogP contribution in [-0.2, 0) is 0 Å². The number of hydrogen-bond acceptors (Lipinski definition) is 1. The molecule has 0 heterocycles. The smallest absolute Gasteiger partial charge is 0.373 e. The predicted molar refractivity (Wildman–Crippen MR) is 50.4 cm³/mol. The van der Waals surface area contributed by atoms with Crippen LogP contribution in [0.3, 0.4) is 0 Å². The molecule has 1 atom stereocenters. The third-order valence-corrected chi connectivity index (χ3v) is 3.28. The summed E-state index contributed by atoms with van der Waals surface area (Å²) in [5.41, 5.74) is -6.95. The summed E-state index contributed by atoms with van der Waals surface area (Å²) in [7, 11) is 0. The Kier molecular flexibility index (Phi) is 4.54. The lowest BCUT2D eigenvalue weighted by Gasteiger charge is -2.46. The highest BCUT2D eigenvalue weighted by Crippen LogP contribution is 2.56. The number of halogens is 6. The summed E-state index contributed by atoms with van der Waals surface area (Å²) in [5, 5.41) is 9.28. The van der Waals surface area contributed by atoms with E-state index in [0.29, 0.717) is 0 Å². The highest BCUT2D eigenvalue weighted by Gasteiger charge is 2.76. The second-order valence-electron chi connectivity index (χ2n) is 4.37. The average molecular weight is 266 g/mol. The molecule has 0 aromatic carbocycles. The van der Waals surface area contributed by atoms with Gasteiger partial charge in [-0.3, -0.25) is 0 Å². The van der Waals surface area contributed by atoms with Gasteiger partial charge in [0.25, 0.3) is 5.60 Å². The molecular weight excluding hydrogens is 250 g/mol. The van der Waals surface area contributed by atoms with Gasteiger partial charge >= 0.3 is 12.4 Å². The maximum absolute atomic E-state index is 12.6. The fourth-order valence-corrected chi connectivity index (χ4v) is 2.01. The topological polar surface area (TPSA) is 20.2 Å². The first-order valence-electron chi connectivity index (χ1n) is 5.23. The zero-order valence-electron chi connectivity index (χ0n) is 9.84. The third kappa shape index (κ3) is 2.53. The molecule has 0 spiro atoms. The van der Waals surface area contributed by atoms with Crippen LogP contribution < -0.4 is 0 Å². The van der Waals surface area contributed by atoms with Gasteiger partial charge in [0.1, 0.15) is 0 Å². The van der Waals surface area contributed by atoms with Crippen LogP contribution in [0, 0.1) is 5.41 Å². The standard InChI is InChI=1S/C10H16F6O/c1-4-6-7(3,5-2)8(17,9(11,12)13)10(14,15)16/h17H,4-6H2,1-3H3. The van der Waals surface area contributed by atoms with E-state index in [2.05, 4.69) is 0 Å². The van der Waals surface area contributed by atoms with Gasteiger partial charge in [-0.15, -0.1) is 0 Å². The number of rotatable bonds is 4. The number of alkyl halides is 6. The molecule has 0 amide bonds. The van der Waals surface area contributed by atoms with Gasteiger partial charge in [-0.25, -0.2) is 0 Å². The Morgan fingerprint density at radius 3 is 1.41 bits per heavy atom. The molecule has 104 valence electrons. The van der Waals surface area contributed by atoms with Crippen molar-refractivity contribution < 1.29 is 31.4 Å². The maximum atomic E-state index is 12.6. The van der Waals surface area contributed by atoms with Gasteiger partial charge in [0.05, 0.1) is 0 Å². The molecule has 0 saturated heterocycles. The monoisotopic (exact) mass is 266 g/mol. The number of aliphatic hydroxyl groups is 1. The van der Waals surface area contributed by atoms with Crippen LogP contribution in [0.15, 0.2) is 0 Å². The zero-order chi connectivity index (χ0) is 14.1. The Labute approximate surface area is 95.8 Å². The van der Waals surface area contributed by atoms with E-state index in [0.717, 1.165) is 6.92 Å². The Bertz CT molecular complexity index is 243. The van der Waals surface area contributed by atoms with Crippen LogP contribution in [0.25, 0.3) is 0 Å². The predicted octanol–water partition coefficient (Wildman–Crippen LogP) is 4.06. The first kappa shape index (κ1) is 16.5. The van der Waals surface area contributed by atoms with Gasteiger partial charge in [-0.05, 0) is 12.8 Å². The van der Waals surface area contributed by atoms with Crippen molar-refractivity contribution in [3.63, 3.8) is 0 Å². The van der Waals surface area contributed by atoms with Crippen molar-refractivity contribution in [3.05, 3.63) is 0 Å². The molecule has 17 heavy (non-hydrogen) atoms. The first-order chi connectivity index (χ1) is 7.37. The molecule has 0 fully saturated rings. The van der Waals surface area contributed by atoms with Crippen molar-refractivity contribution in [2.75, 3.05) is 0 Å². The SMILES string of the molecule is CCCC(C)(CC)C(O)(C(F)(F)F)C(F)(F)F. The lowest BCUT2D eigenvalue weighted by atomic mass is 9.67. The molecular formula is C10H16F6O. The van der Waals surface area contributed by atoms with Gasteiger partial charge in [0, 0.05) is 5.41 Å². The van der Waals surface area contributed by atoms with E-state index in [-0.39, 0.29) is 12.8 Å². The van der Waals surface area contributed by atoms with Gasteiger partial charge in [-0.2, -0.15) is 26.3 Å². The molecule has 0 rings (SSSR count). The van der Waals surface area contributed by atoms with Crippen molar-refractivity contribution in [1.82, 2.24) is 0 Å². The van der Waals surface area contributed by atoms with Crippen LogP contribution in [0.5, 0.6) is 0 Å². The summed E-state index contributed by atoms with van der Waals surface area (Å²) in [6.07, 6.45) is -12.1. The van der Waals surface area contributed by atoms with Gasteiger partial charge in [-0.1, -0.05) is 27.2 Å². The quantitative estimate of drug-likeness (QED) is 0.761. The minimum Gasteiger partial charge on any atom is -0.373 e. The van der Waals surface area contributed by atoms with Crippen LogP contribution in [0.1, 0.15) is 40.0 Å². The first-order valence-corrected chi connectivity index (χ1v) is 5.23. The summed E-state index contributed by atoms with van der Waals surface area (Å²) in [6.45, 7) is 3.50. The lowest BCUT2D eigenvalue weighted by molar-refractivity contribution is -0.403. The Morgan fingerprint density at radius 1 is 0.882 bits per heavy atom. The average Bonchev–Trinajstić information content (AvgIpc) is 2.13. The van der Waals surface area contributed by atoms with E-state index in [9.17, 15) is 31.4 Å². The maximum Gasteiger partial charge on any atom is 0.426 e. The molecule has 0 bridgehead atoms. The fourth-order valence-electron chi connectivity index (χ4n) is 2.01. The Hall–Kier alpha value is -0.460. The van der Waals surface area contributed by atoms with Crippen molar-refractivity contribution in [2.45, 2.75) is 58.0 Å². The molecule has 0 aromatic rings. The summed E-state index contributed by atoms with van der Waals surface area (Å²) < 4.78 is 75.8. The third-order valence-electron chi connectivity index (χ3n) is 3.28. The van der Waals surface area contributed by atoms with E-state index in [4.69, 9.17) is 0 Å². The molecule has 7 heteroatoms. The second kappa shape index (κ2) is 4.66. The fraction of sp³-hybridized carbons (Fsp3) is 1.00. The summed E-state index contributed by atoms with van der Waals surface area (Å²) in [5.74, 6) is 0. The minimum absolute atomic E-state index is 0.124. The molecule has 0 radical (unpaired) electrons. The molecule has 0 aliphatic rings. The van der Waals surface area contributed by atoms with Gasteiger partial charge in [0.2, 0.25) is 0 Å². The van der Waals surface area contributed by atoms with E-state index >= 15 is 0 Å². The number of hydrogen-bond donors (Lipinski definition) is 1. The van der Waals surface area contributed by atoms with Crippen molar-refractivity contribution in [3.8, 4) is 0 Å². The van der Waals surface area contributed by atoms with E-state index < -0.39 is 29.8 Å². The molecule has 1 unspecified atom stereocenters. The lowest BCUT2D eigenvalue weighted by Crippen LogP contribution is -2.66. The van der Waals surface area contributed by atoms with Gasteiger partial charge < -0.3 is 5.11 Å². The normalized spacial score (nSPS) is 18.0. The van der Waals surface area contributed by atoms with Crippen molar-refractivity contribution >= 4 is 0 Å². The van der Waals surface area contributed by atoms with Crippen LogP contribution in [0.2, 0.25) is 0 Å². The Morgan fingerprint density at radius 2 is 1.24 bits per heavy atom. The highest BCUT2D eigenvalue weighted by atomic mass is 19.4. The van der Waals surface area contributed by atoms with Crippen LogP contribution in [0.4, 0.5) is 26.3 Å². The van der Waals surface area contributed by atoms with Crippen LogP contribution >= 0.6 is 0 Å². The van der Waals surface area contributed by atoms with Crippen LogP contribution in [-0.4, -0.2) is 23.1 Å². The molecule has 0 aromatic heterocycles. The molecule has 0 aliphatic carbocycles. The summed E-state index contributed by atoms with van der Waals surface area (Å²) >= 11 is 0. The van der Waals surface area contributed by atoms with E-state index in [1.807, 2.05) is 0 Å². The highest BCUT2D eigenvalue weighted by molar-refractivity contribution is 5.05. The summed E-state index contributed by atoms with van der Waals surface area (Å²) in [6, 6.07) is 0. The Balaban J connectivity index is 5.79. The molecule has 1 nitrogen and oxygen atoms in total. The molecule has 1 N–H and O–H groups in total. The van der Waals surface area contributed by atoms with E-state index in [1.54, 1.807) is 0 Å². The van der Waals surface area contributed by atoms with Crippen molar-refractivity contribution in [1.29, 1.82) is 0 Å². The van der Waals surface area contributed by atoms with E-state index in [1.165, 1.54) is 13.8 Å². The molecule has 0 saturated carbocycles. The van der Waals surface area contributed by atoms with Crippen molar-refractivity contribution in [2.24, 2.45) is 5.41 Å². The second-order valence-corrected chi connectivity index (χ2v) is 4.37. The largest absolute Gasteiger partial charge is 0.426 e. The minimum atomic E-state index is -5.74.